The van der Waals surface area contributed by atoms with Crippen LogP contribution in [0, 0.1) is 0 Å². The molecule has 0 saturated heterocycles. The minimum absolute atomic E-state index is 0.0901. The maximum atomic E-state index is 12.7. The standard InChI is InChI=1S/C18H23N3O5S/c1-5-26-16-9-6-12(10-17(16)25-4)18(22)20-14-11-13(27(19,23)24)7-8-15(14)21(2)3/h6-11H,5H2,1-4H3,(H,20,22)(H2,19,23,24). The van der Waals surface area contributed by atoms with E-state index >= 15 is 0 Å². The summed E-state index contributed by atoms with van der Waals surface area (Å²) in [6.45, 7) is 2.32. The molecule has 2 aromatic carbocycles. The van der Waals surface area contributed by atoms with E-state index in [9.17, 15) is 13.2 Å². The number of carbonyl (C=O) groups excluding carboxylic acids is 1. The summed E-state index contributed by atoms with van der Waals surface area (Å²) in [6, 6.07) is 9.09. The van der Waals surface area contributed by atoms with Crippen LogP contribution < -0.4 is 24.8 Å². The molecule has 2 aromatic rings. The topological polar surface area (TPSA) is 111 Å². The van der Waals surface area contributed by atoms with E-state index in [1.54, 1.807) is 43.3 Å². The van der Waals surface area contributed by atoms with Gasteiger partial charge in [-0.05, 0) is 43.3 Å². The summed E-state index contributed by atoms with van der Waals surface area (Å²) in [7, 11) is 1.15. The van der Waals surface area contributed by atoms with E-state index in [1.165, 1.54) is 19.2 Å². The van der Waals surface area contributed by atoms with Gasteiger partial charge in [0, 0.05) is 19.7 Å². The number of nitrogens with two attached hydrogens (primary N) is 1. The summed E-state index contributed by atoms with van der Waals surface area (Å²) in [6.07, 6.45) is 0. The molecular weight excluding hydrogens is 370 g/mol. The molecule has 27 heavy (non-hydrogen) atoms. The fraction of sp³-hybridized carbons (Fsp3) is 0.278. The zero-order chi connectivity index (χ0) is 20.2. The van der Waals surface area contributed by atoms with Crippen LogP contribution >= 0.6 is 0 Å². The van der Waals surface area contributed by atoms with Crippen LogP contribution in [0.1, 0.15) is 17.3 Å². The van der Waals surface area contributed by atoms with Crippen LogP contribution in [-0.4, -0.2) is 42.1 Å². The monoisotopic (exact) mass is 393 g/mol. The molecule has 0 aliphatic rings. The maximum absolute atomic E-state index is 12.7. The van der Waals surface area contributed by atoms with Gasteiger partial charge in [-0.1, -0.05) is 0 Å². The van der Waals surface area contributed by atoms with E-state index in [0.29, 0.717) is 35.0 Å². The SMILES string of the molecule is CCOc1ccc(C(=O)Nc2cc(S(N)(=O)=O)ccc2N(C)C)cc1OC. The number of ether oxygens (including phenoxy) is 2. The van der Waals surface area contributed by atoms with Crippen LogP contribution in [0.3, 0.4) is 0 Å². The third-order valence-corrected chi connectivity index (χ3v) is 4.66. The van der Waals surface area contributed by atoms with Crippen molar-refractivity contribution < 1.29 is 22.7 Å². The van der Waals surface area contributed by atoms with E-state index in [1.807, 2.05) is 6.92 Å². The normalized spacial score (nSPS) is 11.0. The van der Waals surface area contributed by atoms with Crippen LogP contribution in [0.15, 0.2) is 41.3 Å². The average molecular weight is 393 g/mol. The quantitative estimate of drug-likeness (QED) is 0.745. The van der Waals surface area contributed by atoms with Gasteiger partial charge in [0.05, 0.1) is 30.0 Å². The van der Waals surface area contributed by atoms with Crippen molar-refractivity contribution in [3.05, 3.63) is 42.0 Å². The van der Waals surface area contributed by atoms with E-state index in [-0.39, 0.29) is 4.90 Å². The highest BCUT2D eigenvalue weighted by Crippen LogP contribution is 2.30. The number of carbonyl (C=O) groups is 1. The van der Waals surface area contributed by atoms with Crippen molar-refractivity contribution in [2.24, 2.45) is 5.14 Å². The van der Waals surface area contributed by atoms with E-state index in [4.69, 9.17) is 14.6 Å². The van der Waals surface area contributed by atoms with Gasteiger partial charge < -0.3 is 19.7 Å². The van der Waals surface area contributed by atoms with Gasteiger partial charge in [0.2, 0.25) is 10.0 Å². The minimum atomic E-state index is -3.90. The number of methoxy groups -OCH3 is 1. The molecule has 146 valence electrons. The Balaban J connectivity index is 2.39. The van der Waals surface area contributed by atoms with Crippen molar-refractivity contribution >= 4 is 27.3 Å². The first kappa shape index (κ1) is 20.5. The number of benzene rings is 2. The number of nitrogens with one attached hydrogen (secondary N) is 1. The van der Waals surface area contributed by atoms with Crippen LogP contribution in [0.2, 0.25) is 0 Å². The van der Waals surface area contributed by atoms with Gasteiger partial charge in [-0.2, -0.15) is 0 Å². The molecular formula is C18H23N3O5S. The first-order chi connectivity index (χ1) is 12.7. The average Bonchev–Trinajstić information content (AvgIpc) is 2.61. The van der Waals surface area contributed by atoms with Crippen LogP contribution in [0.5, 0.6) is 11.5 Å². The summed E-state index contributed by atoms with van der Waals surface area (Å²) in [5, 5.41) is 7.92. The zero-order valence-electron chi connectivity index (χ0n) is 15.6. The molecule has 8 nitrogen and oxygen atoms in total. The summed E-state index contributed by atoms with van der Waals surface area (Å²) >= 11 is 0. The molecule has 0 atom stereocenters. The molecule has 3 N–H and O–H groups in total. The lowest BCUT2D eigenvalue weighted by atomic mass is 10.1. The number of hydrogen-bond acceptors (Lipinski definition) is 6. The van der Waals surface area contributed by atoms with Gasteiger partial charge in [-0.25, -0.2) is 13.6 Å². The van der Waals surface area contributed by atoms with Crippen molar-refractivity contribution in [3.63, 3.8) is 0 Å². The molecule has 0 bridgehead atoms. The van der Waals surface area contributed by atoms with E-state index in [0.717, 1.165) is 0 Å². The Morgan fingerprint density at radius 3 is 2.41 bits per heavy atom. The Hall–Kier alpha value is -2.78. The minimum Gasteiger partial charge on any atom is -0.493 e. The molecule has 0 fully saturated rings. The molecule has 9 heteroatoms. The Bertz CT molecular complexity index is 942. The predicted octanol–water partition coefficient (Wildman–Crippen LogP) is 2.06. The van der Waals surface area contributed by atoms with Gasteiger partial charge in [0.25, 0.3) is 5.91 Å². The van der Waals surface area contributed by atoms with Gasteiger partial charge in [-0.15, -0.1) is 0 Å². The Morgan fingerprint density at radius 2 is 1.85 bits per heavy atom. The second-order valence-electron chi connectivity index (χ2n) is 5.87. The van der Waals surface area contributed by atoms with Crippen molar-refractivity contribution in [2.75, 3.05) is 38.0 Å². The smallest absolute Gasteiger partial charge is 0.255 e. The third kappa shape index (κ3) is 4.89. The highest BCUT2D eigenvalue weighted by atomic mass is 32.2. The number of rotatable bonds is 7. The van der Waals surface area contributed by atoms with Crippen LogP contribution in [0.25, 0.3) is 0 Å². The van der Waals surface area contributed by atoms with E-state index in [2.05, 4.69) is 5.32 Å². The predicted molar refractivity (Wildman–Crippen MR) is 104 cm³/mol. The molecule has 0 aliphatic heterocycles. The highest BCUT2D eigenvalue weighted by molar-refractivity contribution is 7.89. The highest BCUT2D eigenvalue weighted by Gasteiger charge is 2.16. The number of anilines is 2. The summed E-state index contributed by atoms with van der Waals surface area (Å²) in [5.74, 6) is 0.531. The Kier molecular flexibility index (Phi) is 6.29. The van der Waals surface area contributed by atoms with Crippen molar-refractivity contribution in [3.8, 4) is 11.5 Å². The van der Waals surface area contributed by atoms with Crippen molar-refractivity contribution in [2.45, 2.75) is 11.8 Å². The summed E-state index contributed by atoms with van der Waals surface area (Å²) in [4.78, 5) is 14.3. The molecule has 1 amide bonds. The summed E-state index contributed by atoms with van der Waals surface area (Å²) < 4.78 is 33.9. The lowest BCUT2D eigenvalue weighted by Crippen LogP contribution is -2.18. The number of sulfonamides is 1. The van der Waals surface area contributed by atoms with Gasteiger partial charge in [0.1, 0.15) is 0 Å². The molecule has 2 rings (SSSR count). The van der Waals surface area contributed by atoms with Gasteiger partial charge >= 0.3 is 0 Å². The number of nitrogens with zero attached hydrogens (tertiary/aromatic N) is 1. The number of amides is 1. The lowest BCUT2D eigenvalue weighted by molar-refractivity contribution is 0.102. The summed E-state index contributed by atoms with van der Waals surface area (Å²) in [5.41, 5.74) is 1.29. The molecule has 0 spiro atoms. The molecule has 0 aromatic heterocycles. The molecule has 0 radical (unpaired) electrons. The molecule has 0 saturated carbocycles. The zero-order valence-corrected chi connectivity index (χ0v) is 16.5. The third-order valence-electron chi connectivity index (χ3n) is 3.75. The van der Waals surface area contributed by atoms with Crippen LogP contribution in [-0.2, 0) is 10.0 Å². The van der Waals surface area contributed by atoms with E-state index < -0.39 is 15.9 Å². The molecule has 0 unspecified atom stereocenters. The fourth-order valence-corrected chi connectivity index (χ4v) is 3.00. The lowest BCUT2D eigenvalue weighted by Gasteiger charge is -2.19. The van der Waals surface area contributed by atoms with Gasteiger partial charge in [0.15, 0.2) is 11.5 Å². The first-order valence-electron chi connectivity index (χ1n) is 8.13. The van der Waals surface area contributed by atoms with Gasteiger partial charge in [-0.3, -0.25) is 4.79 Å². The number of hydrogen-bond donors (Lipinski definition) is 2. The fourth-order valence-electron chi connectivity index (χ4n) is 2.46. The van der Waals surface area contributed by atoms with Crippen molar-refractivity contribution in [1.29, 1.82) is 0 Å². The largest absolute Gasteiger partial charge is 0.493 e. The second-order valence-corrected chi connectivity index (χ2v) is 7.43. The maximum Gasteiger partial charge on any atom is 0.255 e. The molecule has 0 heterocycles. The second kappa shape index (κ2) is 8.28. The number of primary sulfonamides is 1. The first-order valence-corrected chi connectivity index (χ1v) is 9.68. The Labute approximate surface area is 158 Å². The molecule has 0 aliphatic carbocycles. The Morgan fingerprint density at radius 1 is 1.15 bits per heavy atom. The van der Waals surface area contributed by atoms with Crippen LogP contribution in [0.4, 0.5) is 11.4 Å². The van der Waals surface area contributed by atoms with Crippen molar-refractivity contribution in [1.82, 2.24) is 0 Å².